The molecule has 1 aromatic carbocycles. The van der Waals surface area contributed by atoms with Gasteiger partial charge in [0, 0.05) is 17.7 Å². The van der Waals surface area contributed by atoms with Crippen LogP contribution in [0.1, 0.15) is 21.9 Å². The highest BCUT2D eigenvalue weighted by molar-refractivity contribution is 7.98. The lowest BCUT2D eigenvalue weighted by molar-refractivity contribution is -0.384. The number of furan rings is 1. The van der Waals surface area contributed by atoms with E-state index in [0.29, 0.717) is 17.5 Å². The maximum absolute atomic E-state index is 12.1. The lowest BCUT2D eigenvalue weighted by Gasteiger charge is -1.99. The smallest absolute Gasteiger partial charge is 0.284 e. The molecule has 0 aliphatic rings. The standard InChI is InChI=1S/C14H11F2N3O4S/c15-14(16)24-8-12-5-4-11(23-12)7-17-18-13(20)9-2-1-3-10(6-9)19(21)22/h1-7,14H,8H2,(H,18,20)/b17-7-. The van der Waals surface area contributed by atoms with Crippen LogP contribution in [0.5, 0.6) is 0 Å². The van der Waals surface area contributed by atoms with Gasteiger partial charge in [-0.15, -0.1) is 0 Å². The number of rotatable bonds is 7. The molecule has 0 fully saturated rings. The van der Waals surface area contributed by atoms with E-state index in [2.05, 4.69) is 10.5 Å². The van der Waals surface area contributed by atoms with E-state index in [1.54, 1.807) is 0 Å². The average Bonchev–Trinajstić information content (AvgIpc) is 3.01. The SMILES string of the molecule is O=C(N/N=C\c1ccc(CSC(F)F)o1)c1cccc([N+](=O)[O-])c1. The van der Waals surface area contributed by atoms with E-state index in [1.807, 2.05) is 0 Å². The fraction of sp³-hybridized carbons (Fsp3) is 0.143. The van der Waals surface area contributed by atoms with Crippen molar-refractivity contribution >= 4 is 29.6 Å². The second kappa shape index (κ2) is 8.20. The van der Waals surface area contributed by atoms with Gasteiger partial charge in [-0.05, 0) is 18.2 Å². The Labute approximate surface area is 138 Å². The number of nitro groups is 1. The van der Waals surface area contributed by atoms with Crippen molar-refractivity contribution in [1.82, 2.24) is 5.43 Å². The van der Waals surface area contributed by atoms with Gasteiger partial charge < -0.3 is 4.42 Å². The molecule has 1 heterocycles. The minimum absolute atomic E-state index is 0.0194. The molecule has 0 radical (unpaired) electrons. The zero-order valence-electron chi connectivity index (χ0n) is 12.0. The number of carbonyl (C=O) groups excluding carboxylic acids is 1. The van der Waals surface area contributed by atoms with Crippen LogP contribution < -0.4 is 5.43 Å². The minimum atomic E-state index is -2.48. The van der Waals surface area contributed by atoms with E-state index >= 15 is 0 Å². The first-order chi connectivity index (χ1) is 11.5. The van der Waals surface area contributed by atoms with Crippen molar-refractivity contribution in [1.29, 1.82) is 0 Å². The van der Waals surface area contributed by atoms with Gasteiger partial charge in [-0.25, -0.2) is 5.43 Å². The maximum Gasteiger partial charge on any atom is 0.284 e. The molecular formula is C14H11F2N3O4S. The predicted octanol–water partition coefficient (Wildman–Crippen LogP) is 3.41. The molecule has 2 aromatic rings. The number of hydrogen-bond acceptors (Lipinski definition) is 6. The highest BCUT2D eigenvalue weighted by atomic mass is 32.2. The number of alkyl halides is 2. The number of halogens is 2. The topological polar surface area (TPSA) is 97.7 Å². The monoisotopic (exact) mass is 355 g/mol. The molecule has 0 aliphatic carbocycles. The molecule has 0 unspecified atom stereocenters. The first-order valence-corrected chi connectivity index (χ1v) is 7.57. The third-order valence-corrected chi connectivity index (χ3v) is 3.41. The third-order valence-electron chi connectivity index (χ3n) is 2.71. The molecule has 0 aliphatic heterocycles. The van der Waals surface area contributed by atoms with E-state index in [-0.39, 0.29) is 22.8 Å². The van der Waals surface area contributed by atoms with Crippen molar-refractivity contribution < 1.29 is 22.9 Å². The van der Waals surface area contributed by atoms with Gasteiger partial charge in [-0.2, -0.15) is 13.9 Å². The number of nitrogens with zero attached hydrogens (tertiary/aromatic N) is 2. The Balaban J connectivity index is 1.92. The number of hydrogen-bond donors (Lipinski definition) is 1. The highest BCUT2D eigenvalue weighted by Gasteiger charge is 2.11. The number of non-ortho nitro benzene ring substituents is 1. The van der Waals surface area contributed by atoms with Crippen molar-refractivity contribution in [2.75, 3.05) is 0 Å². The van der Waals surface area contributed by atoms with Crippen molar-refractivity contribution in [3.8, 4) is 0 Å². The van der Waals surface area contributed by atoms with Crippen molar-refractivity contribution in [3.63, 3.8) is 0 Å². The Bertz CT molecular complexity index is 764. The zero-order valence-corrected chi connectivity index (χ0v) is 12.8. The average molecular weight is 355 g/mol. The number of thioether (sulfide) groups is 1. The van der Waals surface area contributed by atoms with E-state index in [9.17, 15) is 23.7 Å². The van der Waals surface area contributed by atoms with Gasteiger partial charge in [0.15, 0.2) is 0 Å². The van der Waals surface area contributed by atoms with Crippen LogP contribution in [0.4, 0.5) is 14.5 Å². The molecule has 1 aromatic heterocycles. The summed E-state index contributed by atoms with van der Waals surface area (Å²) in [6, 6.07) is 8.23. The molecule has 0 saturated heterocycles. The van der Waals surface area contributed by atoms with Crippen LogP contribution in [-0.2, 0) is 5.75 Å². The molecule has 1 amide bonds. The van der Waals surface area contributed by atoms with E-state index in [1.165, 1.54) is 36.5 Å². The first-order valence-electron chi connectivity index (χ1n) is 6.52. The molecule has 126 valence electrons. The number of benzene rings is 1. The van der Waals surface area contributed by atoms with Crippen LogP contribution in [0.25, 0.3) is 0 Å². The van der Waals surface area contributed by atoms with Gasteiger partial charge in [0.1, 0.15) is 11.5 Å². The summed E-state index contributed by atoms with van der Waals surface area (Å²) >= 11 is 0.431. The molecule has 10 heteroatoms. The lowest BCUT2D eigenvalue weighted by Crippen LogP contribution is -2.17. The fourth-order valence-electron chi connectivity index (χ4n) is 1.67. The van der Waals surface area contributed by atoms with Crippen molar-refractivity contribution in [3.05, 3.63) is 63.6 Å². The van der Waals surface area contributed by atoms with E-state index in [0.717, 1.165) is 6.07 Å². The molecular weight excluding hydrogens is 344 g/mol. The summed E-state index contributed by atoms with van der Waals surface area (Å²) in [4.78, 5) is 21.9. The molecule has 7 nitrogen and oxygen atoms in total. The maximum atomic E-state index is 12.1. The summed E-state index contributed by atoms with van der Waals surface area (Å²) in [5, 5.41) is 14.3. The van der Waals surface area contributed by atoms with Crippen LogP contribution in [0.3, 0.4) is 0 Å². The van der Waals surface area contributed by atoms with Gasteiger partial charge in [0.2, 0.25) is 0 Å². The highest BCUT2D eigenvalue weighted by Crippen LogP contribution is 2.20. The second-order valence-electron chi connectivity index (χ2n) is 4.38. The summed E-state index contributed by atoms with van der Waals surface area (Å²) in [5.41, 5.74) is 2.06. The van der Waals surface area contributed by atoms with Crippen LogP contribution in [0.15, 0.2) is 45.9 Å². The Morgan fingerprint density at radius 2 is 2.21 bits per heavy atom. The summed E-state index contributed by atoms with van der Waals surface area (Å²) in [6.45, 7) is 0. The minimum Gasteiger partial charge on any atom is -0.459 e. The fourth-order valence-corrected chi connectivity index (χ4v) is 2.11. The molecule has 2 rings (SSSR count). The molecule has 0 saturated carbocycles. The van der Waals surface area contributed by atoms with Gasteiger partial charge >= 0.3 is 0 Å². The van der Waals surface area contributed by atoms with Crippen LogP contribution in [0.2, 0.25) is 0 Å². The first kappa shape index (κ1) is 17.6. The number of carbonyl (C=O) groups is 1. The molecule has 0 atom stereocenters. The Morgan fingerprint density at radius 3 is 2.92 bits per heavy atom. The number of hydrazone groups is 1. The summed E-state index contributed by atoms with van der Waals surface area (Å²) in [7, 11) is 0. The Morgan fingerprint density at radius 1 is 1.42 bits per heavy atom. The van der Waals surface area contributed by atoms with Crippen LogP contribution in [-0.4, -0.2) is 22.8 Å². The van der Waals surface area contributed by atoms with Crippen molar-refractivity contribution in [2.45, 2.75) is 11.5 Å². The van der Waals surface area contributed by atoms with E-state index < -0.39 is 16.6 Å². The predicted molar refractivity (Wildman–Crippen MR) is 84.2 cm³/mol. The van der Waals surface area contributed by atoms with Gasteiger partial charge in [0.25, 0.3) is 17.4 Å². The van der Waals surface area contributed by atoms with Crippen LogP contribution in [0, 0.1) is 10.1 Å². The quantitative estimate of drug-likeness (QED) is 0.466. The lowest BCUT2D eigenvalue weighted by atomic mass is 10.2. The molecule has 24 heavy (non-hydrogen) atoms. The number of nitro benzene ring substituents is 1. The molecule has 0 spiro atoms. The van der Waals surface area contributed by atoms with Gasteiger partial charge in [0.05, 0.1) is 16.9 Å². The number of nitrogens with one attached hydrogen (secondary N) is 1. The van der Waals surface area contributed by atoms with Gasteiger partial charge in [-0.3, -0.25) is 14.9 Å². The number of amides is 1. The molecule has 0 bridgehead atoms. The zero-order chi connectivity index (χ0) is 17.5. The van der Waals surface area contributed by atoms with Crippen molar-refractivity contribution in [2.24, 2.45) is 5.10 Å². The summed E-state index contributed by atoms with van der Waals surface area (Å²) < 4.78 is 29.4. The third kappa shape index (κ3) is 5.16. The normalized spacial score (nSPS) is 11.1. The van der Waals surface area contributed by atoms with Gasteiger partial charge in [-0.1, -0.05) is 17.8 Å². The summed E-state index contributed by atoms with van der Waals surface area (Å²) in [5.74, 6) is -2.46. The summed E-state index contributed by atoms with van der Waals surface area (Å²) in [6.07, 6.45) is 1.20. The molecule has 1 N–H and O–H groups in total. The second-order valence-corrected chi connectivity index (χ2v) is 5.36. The van der Waals surface area contributed by atoms with Crippen LogP contribution >= 0.6 is 11.8 Å². The Kier molecular flexibility index (Phi) is 6.01. The largest absolute Gasteiger partial charge is 0.459 e. The Hall–Kier alpha value is -2.75. The van der Waals surface area contributed by atoms with E-state index in [4.69, 9.17) is 4.42 Å².